The molecule has 0 saturated carbocycles. The zero-order valence-corrected chi connectivity index (χ0v) is 14.0. The van der Waals surface area contributed by atoms with Crippen LogP contribution in [0.4, 0.5) is 0 Å². The highest BCUT2D eigenvalue weighted by atomic mass is 16.6. The van der Waals surface area contributed by atoms with Crippen LogP contribution in [-0.2, 0) is 25.6 Å². The van der Waals surface area contributed by atoms with Crippen molar-refractivity contribution in [1.29, 1.82) is 0 Å². The van der Waals surface area contributed by atoms with Gasteiger partial charge in [0.25, 0.3) is 0 Å². The van der Waals surface area contributed by atoms with Crippen molar-refractivity contribution >= 4 is 5.97 Å². The third-order valence-electron chi connectivity index (χ3n) is 4.47. The van der Waals surface area contributed by atoms with Crippen molar-refractivity contribution < 1.29 is 24.1 Å². The third kappa shape index (κ3) is 4.77. The molecule has 23 heavy (non-hydrogen) atoms. The number of carbonyl (C=O) groups excluding carboxylic acids is 1. The summed E-state index contributed by atoms with van der Waals surface area (Å²) in [5, 5.41) is 9.56. The van der Waals surface area contributed by atoms with Crippen LogP contribution in [0.3, 0.4) is 0 Å². The summed E-state index contributed by atoms with van der Waals surface area (Å²) >= 11 is 0. The summed E-state index contributed by atoms with van der Waals surface area (Å²) in [6.07, 6.45) is -0.651. The highest BCUT2D eigenvalue weighted by Gasteiger charge is 2.42. The molecule has 0 radical (unpaired) electrons. The van der Waals surface area contributed by atoms with Crippen molar-refractivity contribution in [2.45, 2.75) is 45.7 Å². The Bertz CT molecular complexity index is 489. The van der Waals surface area contributed by atoms with Crippen LogP contribution in [-0.4, -0.2) is 42.6 Å². The quantitative estimate of drug-likeness (QED) is 0.813. The second-order valence-corrected chi connectivity index (χ2v) is 6.18. The number of carbonyl (C=O) groups is 1. The molecule has 0 aromatic heterocycles. The van der Waals surface area contributed by atoms with E-state index in [0.29, 0.717) is 6.61 Å². The summed E-state index contributed by atoms with van der Waals surface area (Å²) in [5.41, 5.74) is 1.11. The Morgan fingerprint density at radius 3 is 2.43 bits per heavy atom. The van der Waals surface area contributed by atoms with Crippen LogP contribution in [0.15, 0.2) is 30.3 Å². The van der Waals surface area contributed by atoms with E-state index < -0.39 is 0 Å². The monoisotopic (exact) mass is 322 g/mol. The first-order valence-corrected chi connectivity index (χ1v) is 8.08. The molecule has 1 aromatic rings. The lowest BCUT2D eigenvalue weighted by Crippen LogP contribution is -2.52. The fraction of sp³-hybridized carbons (Fsp3) is 0.611. The zero-order valence-electron chi connectivity index (χ0n) is 14.0. The molecule has 1 aromatic carbocycles. The Kier molecular flexibility index (Phi) is 6.57. The molecule has 1 N–H and O–H groups in total. The zero-order chi connectivity index (χ0) is 16.8. The summed E-state index contributed by atoms with van der Waals surface area (Å²) in [6.45, 7) is 6.06. The maximum atomic E-state index is 11.0. The van der Waals surface area contributed by atoms with Gasteiger partial charge in [0.15, 0.2) is 0 Å². The van der Waals surface area contributed by atoms with E-state index in [1.54, 1.807) is 0 Å². The number of ether oxygens (including phenoxy) is 3. The Labute approximate surface area is 137 Å². The molecule has 1 fully saturated rings. The van der Waals surface area contributed by atoms with Crippen LogP contribution in [0.1, 0.15) is 26.3 Å². The topological polar surface area (TPSA) is 65.0 Å². The first-order chi connectivity index (χ1) is 11.0. The smallest absolute Gasteiger partial charge is 0.302 e. The highest BCUT2D eigenvalue weighted by Crippen LogP contribution is 2.33. The number of aliphatic hydroxyl groups is 1. The van der Waals surface area contributed by atoms with E-state index in [9.17, 15) is 9.90 Å². The van der Waals surface area contributed by atoms with Crippen molar-refractivity contribution in [3.63, 3.8) is 0 Å². The molecule has 1 aliphatic heterocycles. The van der Waals surface area contributed by atoms with Gasteiger partial charge in [-0.05, 0) is 5.56 Å². The first kappa shape index (κ1) is 17.9. The van der Waals surface area contributed by atoms with Gasteiger partial charge in [-0.2, -0.15) is 0 Å². The molecule has 5 atom stereocenters. The predicted octanol–water partition coefficient (Wildman–Crippen LogP) is 2.17. The van der Waals surface area contributed by atoms with Gasteiger partial charge in [-0.25, -0.2) is 0 Å². The Balaban J connectivity index is 2.02. The van der Waals surface area contributed by atoms with Gasteiger partial charge in [-0.15, -0.1) is 0 Å². The first-order valence-electron chi connectivity index (χ1n) is 8.08. The molecule has 0 bridgehead atoms. The summed E-state index contributed by atoms with van der Waals surface area (Å²) in [5.74, 6) is -0.204. The Morgan fingerprint density at radius 2 is 1.83 bits per heavy atom. The van der Waals surface area contributed by atoms with Crippen LogP contribution in [0, 0.1) is 11.8 Å². The Morgan fingerprint density at radius 1 is 1.17 bits per heavy atom. The minimum atomic E-state index is -0.332. The van der Waals surface area contributed by atoms with Crippen LogP contribution in [0.5, 0.6) is 0 Å². The van der Waals surface area contributed by atoms with Gasteiger partial charge in [-0.3, -0.25) is 4.79 Å². The average Bonchev–Trinajstić information content (AvgIpc) is 2.55. The lowest BCUT2D eigenvalue weighted by Gasteiger charge is -2.44. The van der Waals surface area contributed by atoms with E-state index in [1.165, 1.54) is 6.92 Å². The van der Waals surface area contributed by atoms with Gasteiger partial charge in [0.05, 0.1) is 31.5 Å². The molecule has 1 heterocycles. The van der Waals surface area contributed by atoms with Crippen molar-refractivity contribution in [3.05, 3.63) is 35.9 Å². The fourth-order valence-electron chi connectivity index (χ4n) is 3.04. The highest BCUT2D eigenvalue weighted by molar-refractivity contribution is 5.65. The summed E-state index contributed by atoms with van der Waals surface area (Å²) in [4.78, 5) is 11.0. The molecular formula is C18H26O5. The van der Waals surface area contributed by atoms with Crippen molar-refractivity contribution in [3.8, 4) is 0 Å². The van der Waals surface area contributed by atoms with E-state index in [2.05, 4.69) is 0 Å². The lowest BCUT2D eigenvalue weighted by molar-refractivity contribution is -0.206. The lowest BCUT2D eigenvalue weighted by atomic mass is 9.83. The minimum absolute atomic E-state index is 0.0623. The molecule has 0 unspecified atom stereocenters. The molecule has 2 rings (SSSR count). The third-order valence-corrected chi connectivity index (χ3v) is 4.47. The summed E-state index contributed by atoms with van der Waals surface area (Å²) < 4.78 is 17.1. The largest absolute Gasteiger partial charge is 0.463 e. The maximum Gasteiger partial charge on any atom is 0.302 e. The number of hydrogen-bond acceptors (Lipinski definition) is 5. The number of hydrogen-bond donors (Lipinski definition) is 1. The van der Waals surface area contributed by atoms with Crippen molar-refractivity contribution in [2.75, 3.05) is 13.2 Å². The second kappa shape index (κ2) is 8.43. The van der Waals surface area contributed by atoms with Crippen molar-refractivity contribution in [1.82, 2.24) is 0 Å². The fourth-order valence-corrected chi connectivity index (χ4v) is 3.04. The summed E-state index contributed by atoms with van der Waals surface area (Å²) in [7, 11) is 0. The molecule has 128 valence electrons. The standard InChI is InChI=1S/C18H26O5/c1-12-16(9-19)23-17(11-21-14(3)20)13(2)18(12)22-10-15-7-5-4-6-8-15/h4-8,12-13,16-19H,9-11H2,1-3H3/t12-,13+,16+,17-,18-/m1/s1. The van der Waals surface area contributed by atoms with Gasteiger partial charge >= 0.3 is 5.97 Å². The Hall–Kier alpha value is -1.43. The van der Waals surface area contributed by atoms with E-state index in [-0.39, 0.29) is 49.3 Å². The second-order valence-electron chi connectivity index (χ2n) is 6.18. The molecule has 5 nitrogen and oxygen atoms in total. The van der Waals surface area contributed by atoms with Crippen LogP contribution < -0.4 is 0 Å². The normalized spacial score (nSPS) is 30.9. The van der Waals surface area contributed by atoms with Crippen LogP contribution in [0.25, 0.3) is 0 Å². The average molecular weight is 322 g/mol. The molecule has 0 aliphatic carbocycles. The van der Waals surface area contributed by atoms with Gasteiger partial charge < -0.3 is 19.3 Å². The molecule has 5 heteroatoms. The summed E-state index contributed by atoms with van der Waals surface area (Å²) in [6, 6.07) is 9.98. The number of benzene rings is 1. The molecule has 1 aliphatic rings. The maximum absolute atomic E-state index is 11.0. The van der Waals surface area contributed by atoms with E-state index >= 15 is 0 Å². The van der Waals surface area contributed by atoms with Crippen LogP contribution >= 0.6 is 0 Å². The van der Waals surface area contributed by atoms with Crippen LogP contribution in [0.2, 0.25) is 0 Å². The molecule has 1 saturated heterocycles. The number of esters is 1. The number of aliphatic hydroxyl groups excluding tert-OH is 1. The SMILES string of the molecule is CC(=O)OC[C@H]1O[C@@H](CO)[C@@H](C)[C@@H](OCc2ccccc2)[C@H]1C. The van der Waals surface area contributed by atoms with Gasteiger partial charge in [-0.1, -0.05) is 44.2 Å². The molecule has 0 spiro atoms. The van der Waals surface area contributed by atoms with E-state index in [0.717, 1.165) is 5.56 Å². The molecule has 0 amide bonds. The van der Waals surface area contributed by atoms with E-state index in [1.807, 2.05) is 44.2 Å². The predicted molar refractivity (Wildman–Crippen MR) is 85.7 cm³/mol. The van der Waals surface area contributed by atoms with Gasteiger partial charge in [0, 0.05) is 18.8 Å². The molecular weight excluding hydrogens is 296 g/mol. The van der Waals surface area contributed by atoms with Crippen molar-refractivity contribution in [2.24, 2.45) is 11.8 Å². The van der Waals surface area contributed by atoms with E-state index in [4.69, 9.17) is 14.2 Å². The van der Waals surface area contributed by atoms with Gasteiger partial charge in [0.2, 0.25) is 0 Å². The van der Waals surface area contributed by atoms with Gasteiger partial charge in [0.1, 0.15) is 6.61 Å². The minimum Gasteiger partial charge on any atom is -0.463 e. The number of rotatable bonds is 6.